The molecule has 0 unspecified atom stereocenters. The fourth-order valence-electron chi connectivity index (χ4n) is 1.67. The lowest BCUT2D eigenvalue weighted by Crippen LogP contribution is -2.42. The van der Waals surface area contributed by atoms with Gasteiger partial charge in [-0.15, -0.1) is 0 Å². The summed E-state index contributed by atoms with van der Waals surface area (Å²) in [5.74, 6) is -0.671. The maximum atomic E-state index is 12.7. The molecule has 0 atom stereocenters. The van der Waals surface area contributed by atoms with Gasteiger partial charge in [-0.3, -0.25) is 4.79 Å². The number of hydrogen-bond acceptors (Lipinski definition) is 2. The van der Waals surface area contributed by atoms with E-state index in [2.05, 4.69) is 10.6 Å². The van der Waals surface area contributed by atoms with Crippen molar-refractivity contribution in [3.8, 4) is 0 Å². The summed E-state index contributed by atoms with van der Waals surface area (Å²) in [6.45, 7) is 5.76. The Balaban J connectivity index is 2.29. The molecule has 6 heteroatoms. The van der Waals surface area contributed by atoms with Gasteiger partial charge in [-0.2, -0.15) is 0 Å². The van der Waals surface area contributed by atoms with Crippen LogP contribution in [0.4, 0.5) is 9.18 Å². The van der Waals surface area contributed by atoms with Crippen molar-refractivity contribution in [3.63, 3.8) is 0 Å². The predicted octanol–water partition coefficient (Wildman–Crippen LogP) is 1.61. The van der Waals surface area contributed by atoms with Crippen molar-refractivity contribution in [2.24, 2.45) is 0 Å². The molecule has 1 aromatic carbocycles. The topological polar surface area (TPSA) is 61.4 Å². The summed E-state index contributed by atoms with van der Waals surface area (Å²) in [5.41, 5.74) is 0.390. The van der Waals surface area contributed by atoms with Crippen molar-refractivity contribution in [2.75, 3.05) is 26.2 Å². The smallest absolute Gasteiger partial charge is 0.317 e. The molecule has 0 bridgehead atoms. The van der Waals surface area contributed by atoms with Gasteiger partial charge >= 0.3 is 6.03 Å². The van der Waals surface area contributed by atoms with Crippen LogP contribution in [0.3, 0.4) is 0 Å². The molecule has 0 radical (unpaired) electrons. The Labute approximate surface area is 118 Å². The highest BCUT2D eigenvalue weighted by molar-refractivity contribution is 5.94. The molecule has 0 saturated carbocycles. The molecular weight excluding hydrogens is 261 g/mol. The van der Waals surface area contributed by atoms with Crippen molar-refractivity contribution in [1.82, 2.24) is 15.5 Å². The van der Waals surface area contributed by atoms with E-state index in [1.165, 1.54) is 24.3 Å². The third-order valence-corrected chi connectivity index (χ3v) is 2.84. The zero-order chi connectivity index (χ0) is 15.0. The number of rotatable bonds is 6. The van der Waals surface area contributed by atoms with Crippen LogP contribution in [0.25, 0.3) is 0 Å². The van der Waals surface area contributed by atoms with Gasteiger partial charge in [0.05, 0.1) is 0 Å². The Morgan fingerprint density at radius 3 is 2.15 bits per heavy atom. The molecule has 2 N–H and O–H groups in total. The van der Waals surface area contributed by atoms with Gasteiger partial charge in [-0.05, 0) is 38.1 Å². The molecule has 1 rings (SSSR count). The average molecular weight is 281 g/mol. The van der Waals surface area contributed by atoms with Crippen LogP contribution < -0.4 is 10.6 Å². The number of hydrogen-bond donors (Lipinski definition) is 2. The standard InChI is InChI=1S/C14H20FN3O2/c1-3-18(4-2)14(20)17-10-9-16-13(19)11-5-7-12(15)8-6-11/h5-8H,3-4,9-10H2,1-2H3,(H,16,19)(H,17,20). The van der Waals surface area contributed by atoms with Crippen LogP contribution in [0.1, 0.15) is 24.2 Å². The largest absolute Gasteiger partial charge is 0.350 e. The highest BCUT2D eigenvalue weighted by Crippen LogP contribution is 2.01. The van der Waals surface area contributed by atoms with Crippen LogP contribution in [-0.2, 0) is 0 Å². The molecule has 5 nitrogen and oxygen atoms in total. The van der Waals surface area contributed by atoms with Gasteiger partial charge in [0.25, 0.3) is 5.91 Å². The lowest BCUT2D eigenvalue weighted by molar-refractivity contribution is 0.0953. The maximum Gasteiger partial charge on any atom is 0.317 e. The highest BCUT2D eigenvalue weighted by Gasteiger charge is 2.08. The zero-order valence-electron chi connectivity index (χ0n) is 11.8. The lowest BCUT2D eigenvalue weighted by atomic mass is 10.2. The van der Waals surface area contributed by atoms with Crippen LogP contribution in [0.2, 0.25) is 0 Å². The molecule has 0 aliphatic heterocycles. The quantitative estimate of drug-likeness (QED) is 0.778. The first-order valence-electron chi connectivity index (χ1n) is 6.65. The second-order valence-corrected chi connectivity index (χ2v) is 4.17. The Morgan fingerprint density at radius 2 is 1.60 bits per heavy atom. The maximum absolute atomic E-state index is 12.7. The number of urea groups is 1. The normalized spacial score (nSPS) is 9.95. The van der Waals surface area contributed by atoms with Gasteiger partial charge in [0.15, 0.2) is 0 Å². The van der Waals surface area contributed by atoms with E-state index in [1.54, 1.807) is 4.90 Å². The molecule has 110 valence electrons. The summed E-state index contributed by atoms with van der Waals surface area (Å²) in [4.78, 5) is 25.0. The van der Waals surface area contributed by atoms with Crippen molar-refractivity contribution < 1.29 is 14.0 Å². The zero-order valence-corrected chi connectivity index (χ0v) is 11.8. The van der Waals surface area contributed by atoms with E-state index < -0.39 is 0 Å². The highest BCUT2D eigenvalue weighted by atomic mass is 19.1. The number of benzene rings is 1. The summed E-state index contributed by atoms with van der Waals surface area (Å²) in [7, 11) is 0. The van der Waals surface area contributed by atoms with Crippen molar-refractivity contribution in [1.29, 1.82) is 0 Å². The third kappa shape index (κ3) is 4.87. The Morgan fingerprint density at radius 1 is 1.05 bits per heavy atom. The molecular formula is C14H20FN3O2. The predicted molar refractivity (Wildman–Crippen MR) is 75.1 cm³/mol. The minimum atomic E-state index is -0.381. The van der Waals surface area contributed by atoms with E-state index in [1.807, 2.05) is 13.8 Å². The van der Waals surface area contributed by atoms with E-state index in [4.69, 9.17) is 0 Å². The number of carbonyl (C=O) groups is 2. The lowest BCUT2D eigenvalue weighted by Gasteiger charge is -2.19. The first-order valence-corrected chi connectivity index (χ1v) is 6.65. The Hall–Kier alpha value is -2.11. The molecule has 20 heavy (non-hydrogen) atoms. The SMILES string of the molecule is CCN(CC)C(=O)NCCNC(=O)c1ccc(F)cc1. The van der Waals surface area contributed by atoms with Crippen molar-refractivity contribution >= 4 is 11.9 Å². The van der Waals surface area contributed by atoms with Crippen LogP contribution >= 0.6 is 0 Å². The van der Waals surface area contributed by atoms with E-state index >= 15 is 0 Å². The van der Waals surface area contributed by atoms with E-state index in [0.29, 0.717) is 31.7 Å². The minimum Gasteiger partial charge on any atom is -0.350 e. The average Bonchev–Trinajstić information content (AvgIpc) is 2.45. The number of halogens is 1. The van der Waals surface area contributed by atoms with Gasteiger partial charge in [-0.1, -0.05) is 0 Å². The molecule has 1 aromatic rings. The third-order valence-electron chi connectivity index (χ3n) is 2.84. The monoisotopic (exact) mass is 281 g/mol. The Bertz CT molecular complexity index is 444. The van der Waals surface area contributed by atoms with Gasteiger partial charge in [-0.25, -0.2) is 9.18 Å². The molecule has 0 fully saturated rings. The van der Waals surface area contributed by atoms with E-state index in [-0.39, 0.29) is 17.8 Å². The fourth-order valence-corrected chi connectivity index (χ4v) is 1.67. The molecule has 0 spiro atoms. The second-order valence-electron chi connectivity index (χ2n) is 4.17. The number of nitrogens with one attached hydrogen (secondary N) is 2. The summed E-state index contributed by atoms with van der Waals surface area (Å²) < 4.78 is 12.7. The molecule has 0 heterocycles. The molecule has 0 aliphatic carbocycles. The van der Waals surface area contributed by atoms with Crippen molar-refractivity contribution in [2.45, 2.75) is 13.8 Å². The van der Waals surface area contributed by atoms with Crippen LogP contribution in [0, 0.1) is 5.82 Å². The summed E-state index contributed by atoms with van der Waals surface area (Å²) >= 11 is 0. The van der Waals surface area contributed by atoms with Crippen molar-refractivity contribution in [3.05, 3.63) is 35.6 Å². The first-order chi connectivity index (χ1) is 9.58. The molecule has 0 saturated heterocycles. The van der Waals surface area contributed by atoms with E-state index in [9.17, 15) is 14.0 Å². The fraction of sp³-hybridized carbons (Fsp3) is 0.429. The van der Waals surface area contributed by atoms with Crippen LogP contribution in [0.15, 0.2) is 24.3 Å². The molecule has 0 aromatic heterocycles. The summed E-state index contributed by atoms with van der Waals surface area (Å²) in [6.07, 6.45) is 0. The van der Waals surface area contributed by atoms with Gasteiger partial charge < -0.3 is 15.5 Å². The van der Waals surface area contributed by atoms with Gasteiger partial charge in [0, 0.05) is 31.7 Å². The molecule has 3 amide bonds. The first kappa shape index (κ1) is 15.9. The Kier molecular flexibility index (Phi) is 6.49. The minimum absolute atomic E-state index is 0.147. The molecule has 0 aliphatic rings. The van der Waals surface area contributed by atoms with E-state index in [0.717, 1.165) is 0 Å². The number of nitrogens with zero attached hydrogens (tertiary/aromatic N) is 1. The van der Waals surface area contributed by atoms with Gasteiger partial charge in [0.2, 0.25) is 0 Å². The van der Waals surface area contributed by atoms with Crippen LogP contribution in [0.5, 0.6) is 0 Å². The summed E-state index contributed by atoms with van der Waals surface area (Å²) in [5, 5.41) is 5.37. The number of amides is 3. The number of carbonyl (C=O) groups excluding carboxylic acids is 2. The van der Waals surface area contributed by atoms with Gasteiger partial charge in [0.1, 0.15) is 5.82 Å². The van der Waals surface area contributed by atoms with Crippen LogP contribution in [-0.4, -0.2) is 43.0 Å². The second kappa shape index (κ2) is 8.14. The summed E-state index contributed by atoms with van der Waals surface area (Å²) in [6, 6.07) is 5.15.